The van der Waals surface area contributed by atoms with Crippen LogP contribution in [0.2, 0.25) is 0 Å². The highest BCUT2D eigenvalue weighted by Gasteiger charge is 2.42. The Morgan fingerprint density at radius 3 is 2.12 bits per heavy atom. The van der Waals surface area contributed by atoms with Crippen molar-refractivity contribution in [2.24, 2.45) is 0 Å². The fourth-order valence-corrected chi connectivity index (χ4v) is 1.80. The second-order valence-corrected chi connectivity index (χ2v) is 4.27. The van der Waals surface area contributed by atoms with Crippen molar-refractivity contribution in [3.63, 3.8) is 0 Å². The van der Waals surface area contributed by atoms with E-state index in [2.05, 4.69) is 0 Å². The van der Waals surface area contributed by atoms with Crippen LogP contribution in [0, 0.1) is 13.8 Å². The third-order valence-corrected chi connectivity index (χ3v) is 2.56. The van der Waals surface area contributed by atoms with Crippen LogP contribution in [0.5, 0.6) is 0 Å². The van der Waals surface area contributed by atoms with E-state index in [0.29, 0.717) is 11.1 Å². The average molecular weight is 231 g/mol. The molecule has 16 heavy (non-hydrogen) atoms. The summed E-state index contributed by atoms with van der Waals surface area (Å²) in [6.07, 6.45) is -4.25. The zero-order valence-corrected chi connectivity index (χ0v) is 9.89. The molecule has 0 bridgehead atoms. The van der Waals surface area contributed by atoms with Crippen molar-refractivity contribution in [3.8, 4) is 0 Å². The van der Waals surface area contributed by atoms with Gasteiger partial charge in [0, 0.05) is 0 Å². The number of hydrogen-bond donors (Lipinski definition) is 0. The molecule has 1 unspecified atom stereocenters. The first-order valence-electron chi connectivity index (χ1n) is 5.03. The molecule has 0 amide bonds. The minimum atomic E-state index is -4.25. The Kier molecular flexibility index (Phi) is 3.63. The van der Waals surface area contributed by atoms with Crippen LogP contribution < -0.4 is 0 Å². The van der Waals surface area contributed by atoms with Crippen LogP contribution in [-0.4, -0.2) is 25.2 Å². The van der Waals surface area contributed by atoms with E-state index < -0.39 is 12.2 Å². The summed E-state index contributed by atoms with van der Waals surface area (Å²) in [5, 5.41) is 0. The summed E-state index contributed by atoms with van der Waals surface area (Å²) in [5.74, 6) is 0. The lowest BCUT2D eigenvalue weighted by molar-refractivity contribution is -0.179. The van der Waals surface area contributed by atoms with Gasteiger partial charge in [-0.05, 0) is 39.1 Å². The van der Waals surface area contributed by atoms with E-state index in [1.54, 1.807) is 26.0 Å². The second kappa shape index (κ2) is 4.45. The van der Waals surface area contributed by atoms with Crippen molar-refractivity contribution in [3.05, 3.63) is 34.9 Å². The van der Waals surface area contributed by atoms with Gasteiger partial charge >= 0.3 is 6.18 Å². The van der Waals surface area contributed by atoms with E-state index in [-0.39, 0.29) is 0 Å². The predicted molar refractivity (Wildman–Crippen MR) is 58.4 cm³/mol. The molecule has 90 valence electrons. The van der Waals surface area contributed by atoms with Gasteiger partial charge in [0.05, 0.1) is 0 Å². The maximum atomic E-state index is 12.9. The van der Waals surface area contributed by atoms with Gasteiger partial charge in [0.2, 0.25) is 0 Å². The number of benzene rings is 1. The zero-order chi connectivity index (χ0) is 12.5. The maximum absolute atomic E-state index is 12.9. The van der Waals surface area contributed by atoms with Gasteiger partial charge in [-0.15, -0.1) is 0 Å². The van der Waals surface area contributed by atoms with Gasteiger partial charge in [-0.2, -0.15) is 13.2 Å². The fourth-order valence-electron chi connectivity index (χ4n) is 1.80. The van der Waals surface area contributed by atoms with E-state index in [1.165, 1.54) is 19.0 Å². The van der Waals surface area contributed by atoms with Crippen molar-refractivity contribution in [2.75, 3.05) is 14.1 Å². The summed E-state index contributed by atoms with van der Waals surface area (Å²) < 4.78 is 38.8. The molecule has 0 N–H and O–H groups in total. The standard InChI is InChI=1S/C12H16F3N/c1-8-5-6-9(2)10(7-8)11(16(3)4)12(13,14)15/h5-7,11H,1-4H3. The highest BCUT2D eigenvalue weighted by Crippen LogP contribution is 2.37. The Morgan fingerprint density at radius 2 is 1.69 bits per heavy atom. The van der Waals surface area contributed by atoms with Gasteiger partial charge in [0.15, 0.2) is 0 Å². The Labute approximate surface area is 93.9 Å². The molecule has 0 aliphatic heterocycles. The molecule has 1 aromatic rings. The first-order valence-corrected chi connectivity index (χ1v) is 5.03. The second-order valence-electron chi connectivity index (χ2n) is 4.27. The number of rotatable bonds is 2. The molecule has 1 nitrogen and oxygen atoms in total. The SMILES string of the molecule is Cc1ccc(C)c(C(N(C)C)C(F)(F)F)c1. The molecule has 0 radical (unpaired) electrons. The van der Waals surface area contributed by atoms with Crippen LogP contribution in [0.3, 0.4) is 0 Å². The molecule has 0 fully saturated rings. The zero-order valence-electron chi connectivity index (χ0n) is 9.89. The van der Waals surface area contributed by atoms with Crippen molar-refractivity contribution in [1.82, 2.24) is 4.90 Å². The van der Waals surface area contributed by atoms with Crippen molar-refractivity contribution < 1.29 is 13.2 Å². The van der Waals surface area contributed by atoms with Gasteiger partial charge < -0.3 is 0 Å². The third kappa shape index (κ3) is 2.76. The lowest BCUT2D eigenvalue weighted by atomic mass is 9.98. The van der Waals surface area contributed by atoms with Crippen LogP contribution in [0.1, 0.15) is 22.7 Å². The van der Waals surface area contributed by atoms with E-state index >= 15 is 0 Å². The molecule has 0 saturated carbocycles. The monoisotopic (exact) mass is 231 g/mol. The van der Waals surface area contributed by atoms with Gasteiger partial charge in [0.1, 0.15) is 6.04 Å². The molecule has 0 heterocycles. The Bertz CT molecular complexity index is 369. The Hall–Kier alpha value is -1.03. The summed E-state index contributed by atoms with van der Waals surface area (Å²) in [7, 11) is 2.89. The molecule has 0 spiro atoms. The van der Waals surface area contributed by atoms with Crippen LogP contribution in [0.15, 0.2) is 18.2 Å². The smallest absolute Gasteiger partial charge is 0.295 e. The van der Waals surface area contributed by atoms with Gasteiger partial charge in [-0.3, -0.25) is 4.90 Å². The van der Waals surface area contributed by atoms with Crippen molar-refractivity contribution in [1.29, 1.82) is 0 Å². The molecule has 4 heteroatoms. The van der Waals surface area contributed by atoms with Crippen LogP contribution >= 0.6 is 0 Å². The molecule has 1 rings (SSSR count). The summed E-state index contributed by atoms with van der Waals surface area (Å²) >= 11 is 0. The third-order valence-electron chi connectivity index (χ3n) is 2.56. The minimum absolute atomic E-state index is 0.331. The van der Waals surface area contributed by atoms with Gasteiger partial charge in [-0.1, -0.05) is 23.8 Å². The van der Waals surface area contributed by atoms with E-state index in [4.69, 9.17) is 0 Å². The first kappa shape index (κ1) is 13.0. The number of nitrogens with zero attached hydrogens (tertiary/aromatic N) is 1. The van der Waals surface area contributed by atoms with Crippen LogP contribution in [0.4, 0.5) is 13.2 Å². The Balaban J connectivity index is 3.26. The normalized spacial score (nSPS) is 14.2. The predicted octanol–water partition coefficient (Wildman–Crippen LogP) is 3.47. The van der Waals surface area contributed by atoms with E-state index in [0.717, 1.165) is 5.56 Å². The number of hydrogen-bond acceptors (Lipinski definition) is 1. The highest BCUT2D eigenvalue weighted by atomic mass is 19.4. The average Bonchev–Trinajstić information content (AvgIpc) is 2.08. The summed E-state index contributed by atoms with van der Waals surface area (Å²) in [5.41, 5.74) is 1.84. The minimum Gasteiger partial charge on any atom is -0.295 e. The van der Waals surface area contributed by atoms with Gasteiger partial charge in [0.25, 0.3) is 0 Å². The van der Waals surface area contributed by atoms with E-state index in [9.17, 15) is 13.2 Å². The van der Waals surface area contributed by atoms with Crippen LogP contribution in [-0.2, 0) is 0 Å². The molecule has 0 aromatic heterocycles. The first-order chi connectivity index (χ1) is 7.23. The lowest BCUT2D eigenvalue weighted by Gasteiger charge is -2.28. The van der Waals surface area contributed by atoms with Crippen LogP contribution in [0.25, 0.3) is 0 Å². The van der Waals surface area contributed by atoms with Crippen molar-refractivity contribution in [2.45, 2.75) is 26.1 Å². The topological polar surface area (TPSA) is 3.24 Å². The molecule has 1 aromatic carbocycles. The fraction of sp³-hybridized carbons (Fsp3) is 0.500. The van der Waals surface area contributed by atoms with Gasteiger partial charge in [-0.25, -0.2) is 0 Å². The largest absolute Gasteiger partial charge is 0.408 e. The molecule has 0 saturated heterocycles. The number of aryl methyl sites for hydroxylation is 2. The quantitative estimate of drug-likeness (QED) is 0.753. The summed E-state index contributed by atoms with van der Waals surface area (Å²) in [6.45, 7) is 3.50. The summed E-state index contributed by atoms with van der Waals surface area (Å²) in [4.78, 5) is 1.20. The molecule has 1 atom stereocenters. The summed E-state index contributed by atoms with van der Waals surface area (Å²) in [6, 6.07) is 3.62. The molecule has 0 aliphatic carbocycles. The van der Waals surface area contributed by atoms with Crippen molar-refractivity contribution >= 4 is 0 Å². The van der Waals surface area contributed by atoms with E-state index in [1.807, 2.05) is 6.07 Å². The Morgan fingerprint density at radius 1 is 1.12 bits per heavy atom. The lowest BCUT2D eigenvalue weighted by Crippen LogP contribution is -2.33. The molecular formula is C12H16F3N. The number of alkyl halides is 3. The molecular weight excluding hydrogens is 215 g/mol. The highest BCUT2D eigenvalue weighted by molar-refractivity contribution is 5.33. The molecule has 0 aliphatic rings. The maximum Gasteiger partial charge on any atom is 0.408 e. The number of halogens is 3.